The van der Waals surface area contributed by atoms with Gasteiger partial charge in [0.1, 0.15) is 5.82 Å². The van der Waals surface area contributed by atoms with E-state index in [1.165, 1.54) is 23.5 Å². The van der Waals surface area contributed by atoms with Gasteiger partial charge in [-0.15, -0.1) is 16.4 Å². The molecule has 2 heterocycles. The molecular formula is C19H16FN3O3S. The van der Waals surface area contributed by atoms with Gasteiger partial charge in [-0.25, -0.2) is 8.91 Å². The van der Waals surface area contributed by atoms with Crippen molar-refractivity contribution in [3.8, 4) is 39.9 Å². The fraction of sp³-hybridized carbons (Fsp3) is 0.158. The molecule has 0 fully saturated rings. The molecule has 0 bridgehead atoms. The second-order valence-electron chi connectivity index (χ2n) is 5.67. The zero-order valence-electron chi connectivity index (χ0n) is 14.9. The van der Waals surface area contributed by atoms with E-state index in [0.29, 0.717) is 23.1 Å². The lowest BCUT2D eigenvalue weighted by Gasteiger charge is -2.12. The monoisotopic (exact) mass is 385 g/mol. The molecule has 0 radical (unpaired) electrons. The van der Waals surface area contributed by atoms with Gasteiger partial charge in [0.15, 0.2) is 17.3 Å². The summed E-state index contributed by atoms with van der Waals surface area (Å²) in [6, 6.07) is 9.90. The van der Waals surface area contributed by atoms with Gasteiger partial charge >= 0.3 is 0 Å². The van der Waals surface area contributed by atoms with Gasteiger partial charge in [-0.1, -0.05) is 0 Å². The van der Waals surface area contributed by atoms with E-state index in [1.807, 2.05) is 5.38 Å². The van der Waals surface area contributed by atoms with Crippen LogP contribution in [0.25, 0.3) is 27.6 Å². The number of benzene rings is 2. The molecule has 0 unspecified atom stereocenters. The normalized spacial score (nSPS) is 11.0. The molecule has 2 aromatic carbocycles. The average Bonchev–Trinajstić information content (AvgIpc) is 3.28. The molecule has 4 rings (SSSR count). The summed E-state index contributed by atoms with van der Waals surface area (Å²) >= 11 is 1.46. The number of rotatable bonds is 5. The zero-order valence-corrected chi connectivity index (χ0v) is 15.7. The molecule has 0 spiro atoms. The first-order valence-corrected chi connectivity index (χ1v) is 8.93. The molecule has 2 aromatic heterocycles. The van der Waals surface area contributed by atoms with Crippen LogP contribution in [0.3, 0.4) is 0 Å². The molecular weight excluding hydrogens is 369 g/mol. The van der Waals surface area contributed by atoms with Crippen molar-refractivity contribution >= 4 is 16.3 Å². The lowest BCUT2D eigenvalue weighted by molar-refractivity contribution is 0.324. The van der Waals surface area contributed by atoms with Crippen molar-refractivity contribution in [3.05, 3.63) is 47.6 Å². The molecule has 0 aliphatic carbocycles. The summed E-state index contributed by atoms with van der Waals surface area (Å²) in [6.45, 7) is 0. The topological polar surface area (TPSA) is 57.9 Å². The van der Waals surface area contributed by atoms with Crippen molar-refractivity contribution in [2.24, 2.45) is 0 Å². The molecule has 8 heteroatoms. The highest BCUT2D eigenvalue weighted by Gasteiger charge is 2.18. The van der Waals surface area contributed by atoms with Crippen LogP contribution in [0.15, 0.2) is 41.8 Å². The Labute approximate surface area is 158 Å². The largest absolute Gasteiger partial charge is 0.493 e. The molecule has 4 aromatic rings. The van der Waals surface area contributed by atoms with Crippen molar-refractivity contribution in [2.75, 3.05) is 21.3 Å². The molecule has 6 nitrogen and oxygen atoms in total. The third-order valence-electron chi connectivity index (χ3n) is 4.14. The number of nitrogens with zero attached hydrogens (tertiary/aromatic N) is 3. The number of methoxy groups -OCH3 is 3. The maximum atomic E-state index is 13.2. The van der Waals surface area contributed by atoms with Crippen LogP contribution in [0.5, 0.6) is 17.2 Å². The van der Waals surface area contributed by atoms with Crippen molar-refractivity contribution in [1.29, 1.82) is 0 Å². The van der Waals surface area contributed by atoms with Gasteiger partial charge in [-0.3, -0.25) is 0 Å². The standard InChI is InChI=1S/C19H16FN3O3S/c1-24-15-8-12(9-16(25-2)17(15)26-3)18-21-19-23(22-18)14(10-27-19)11-4-6-13(20)7-5-11/h4-10H,1-3H3. The fourth-order valence-corrected chi connectivity index (χ4v) is 3.66. The SMILES string of the molecule is COc1cc(-c2nc3scc(-c4ccc(F)cc4)n3n2)cc(OC)c1OC. The van der Waals surface area contributed by atoms with E-state index >= 15 is 0 Å². The number of fused-ring (bicyclic) bond motifs is 1. The van der Waals surface area contributed by atoms with Gasteiger partial charge in [0, 0.05) is 16.5 Å². The number of aromatic nitrogens is 3. The van der Waals surface area contributed by atoms with Gasteiger partial charge < -0.3 is 14.2 Å². The molecule has 0 saturated carbocycles. The second-order valence-corrected chi connectivity index (χ2v) is 6.51. The summed E-state index contributed by atoms with van der Waals surface area (Å²) in [7, 11) is 4.68. The van der Waals surface area contributed by atoms with Gasteiger partial charge in [-0.2, -0.15) is 4.98 Å². The molecule has 0 aliphatic heterocycles. The Balaban J connectivity index is 1.82. The molecule has 138 valence electrons. The minimum absolute atomic E-state index is 0.276. The lowest BCUT2D eigenvalue weighted by atomic mass is 10.1. The van der Waals surface area contributed by atoms with Gasteiger partial charge in [0.05, 0.1) is 27.0 Å². The predicted molar refractivity (Wildman–Crippen MR) is 101 cm³/mol. The second kappa shape index (κ2) is 6.88. The Morgan fingerprint density at radius 3 is 2.19 bits per heavy atom. The van der Waals surface area contributed by atoms with Crippen molar-refractivity contribution in [3.63, 3.8) is 0 Å². The van der Waals surface area contributed by atoms with Crippen LogP contribution >= 0.6 is 11.3 Å². The highest BCUT2D eigenvalue weighted by Crippen LogP contribution is 2.41. The maximum absolute atomic E-state index is 13.2. The zero-order chi connectivity index (χ0) is 19.0. The van der Waals surface area contributed by atoms with Crippen molar-refractivity contribution in [1.82, 2.24) is 14.6 Å². The van der Waals surface area contributed by atoms with Crippen molar-refractivity contribution < 1.29 is 18.6 Å². The Morgan fingerprint density at radius 2 is 1.59 bits per heavy atom. The van der Waals surface area contributed by atoms with Crippen molar-refractivity contribution in [2.45, 2.75) is 0 Å². The van der Waals surface area contributed by atoms with Crippen LogP contribution in [-0.2, 0) is 0 Å². The summed E-state index contributed by atoms with van der Waals surface area (Å²) in [5.41, 5.74) is 2.45. The Hall–Kier alpha value is -3.13. The Morgan fingerprint density at radius 1 is 0.926 bits per heavy atom. The highest BCUT2D eigenvalue weighted by atomic mass is 32.1. The summed E-state index contributed by atoms with van der Waals surface area (Å²) in [5.74, 6) is 1.83. The van der Waals surface area contributed by atoms with Crippen LogP contribution in [0.1, 0.15) is 0 Å². The van der Waals surface area contributed by atoms with Crippen LogP contribution in [0.2, 0.25) is 0 Å². The molecule has 0 amide bonds. The van der Waals surface area contributed by atoms with Crippen LogP contribution < -0.4 is 14.2 Å². The fourth-order valence-electron chi connectivity index (χ4n) is 2.83. The number of ether oxygens (including phenoxy) is 3. The Kier molecular flexibility index (Phi) is 4.41. The van der Waals surface area contributed by atoms with Gasteiger partial charge in [-0.05, 0) is 36.4 Å². The van der Waals surface area contributed by atoms with E-state index < -0.39 is 0 Å². The quantitative estimate of drug-likeness (QED) is 0.513. The molecule has 27 heavy (non-hydrogen) atoms. The number of thiazole rings is 1. The van der Waals surface area contributed by atoms with Gasteiger partial charge in [0.25, 0.3) is 0 Å². The lowest BCUT2D eigenvalue weighted by Crippen LogP contribution is -1.96. The third-order valence-corrected chi connectivity index (χ3v) is 4.96. The first-order valence-electron chi connectivity index (χ1n) is 8.05. The van der Waals surface area contributed by atoms with Crippen LogP contribution in [0.4, 0.5) is 4.39 Å². The molecule has 0 N–H and O–H groups in total. The first-order chi connectivity index (χ1) is 13.1. The predicted octanol–water partition coefficient (Wildman–Crippen LogP) is 4.29. The number of hydrogen-bond donors (Lipinski definition) is 0. The van der Waals surface area contributed by atoms with Crippen LogP contribution in [-0.4, -0.2) is 35.9 Å². The maximum Gasteiger partial charge on any atom is 0.213 e. The van der Waals surface area contributed by atoms with E-state index in [-0.39, 0.29) is 5.82 Å². The van der Waals surface area contributed by atoms with E-state index in [2.05, 4.69) is 10.1 Å². The number of hydrogen-bond acceptors (Lipinski definition) is 6. The average molecular weight is 385 g/mol. The third kappa shape index (κ3) is 2.97. The summed E-state index contributed by atoms with van der Waals surface area (Å²) in [6.07, 6.45) is 0. The summed E-state index contributed by atoms with van der Waals surface area (Å²) in [5, 5.41) is 6.56. The summed E-state index contributed by atoms with van der Waals surface area (Å²) in [4.78, 5) is 5.33. The smallest absolute Gasteiger partial charge is 0.213 e. The van der Waals surface area contributed by atoms with E-state index in [0.717, 1.165) is 21.8 Å². The molecule has 0 saturated heterocycles. The summed E-state index contributed by atoms with van der Waals surface area (Å²) < 4.78 is 31.1. The number of halogens is 1. The molecule has 0 atom stereocenters. The van der Waals surface area contributed by atoms with E-state index in [9.17, 15) is 4.39 Å². The minimum Gasteiger partial charge on any atom is -0.493 e. The van der Waals surface area contributed by atoms with Crippen LogP contribution in [0, 0.1) is 5.82 Å². The Bertz CT molecular complexity index is 1080. The van der Waals surface area contributed by atoms with E-state index in [4.69, 9.17) is 14.2 Å². The molecule has 0 aliphatic rings. The minimum atomic E-state index is -0.276. The van der Waals surface area contributed by atoms with Gasteiger partial charge in [0.2, 0.25) is 10.7 Å². The van der Waals surface area contributed by atoms with E-state index in [1.54, 1.807) is 50.1 Å². The first kappa shape index (κ1) is 17.3. The highest BCUT2D eigenvalue weighted by molar-refractivity contribution is 7.15.